The quantitative estimate of drug-likeness (QED) is 0.808. The van der Waals surface area contributed by atoms with E-state index >= 15 is 0 Å². The Labute approximate surface area is 85.2 Å². The number of anilines is 1. The van der Waals surface area contributed by atoms with Crippen molar-refractivity contribution in [2.24, 2.45) is 0 Å². The van der Waals surface area contributed by atoms with Gasteiger partial charge in [-0.2, -0.15) is 5.26 Å². The first-order valence-corrected chi connectivity index (χ1v) is 4.60. The highest BCUT2D eigenvalue weighted by Crippen LogP contribution is 2.31. The van der Waals surface area contributed by atoms with Gasteiger partial charge in [0.15, 0.2) is 0 Å². The standard InChI is InChI=1S/C9H9BrN2O/c1-2-13-8-4-3-7(12)6(5-11)9(8)10/h3-4H,2,12H2,1H3. The summed E-state index contributed by atoms with van der Waals surface area (Å²) in [6.07, 6.45) is 0. The molecule has 0 saturated heterocycles. The minimum absolute atomic E-state index is 0.422. The van der Waals surface area contributed by atoms with Gasteiger partial charge in [-0.3, -0.25) is 0 Å². The Morgan fingerprint density at radius 2 is 2.31 bits per heavy atom. The minimum Gasteiger partial charge on any atom is -0.493 e. The fourth-order valence-electron chi connectivity index (χ4n) is 0.952. The Balaban J connectivity index is 3.21. The van der Waals surface area contributed by atoms with Crippen molar-refractivity contribution in [1.29, 1.82) is 5.26 Å². The zero-order valence-corrected chi connectivity index (χ0v) is 8.76. The van der Waals surface area contributed by atoms with Crippen molar-refractivity contribution < 1.29 is 4.74 Å². The molecule has 0 bridgehead atoms. The predicted octanol–water partition coefficient (Wildman–Crippen LogP) is 2.30. The van der Waals surface area contributed by atoms with Crippen LogP contribution in [0.4, 0.5) is 5.69 Å². The van der Waals surface area contributed by atoms with Gasteiger partial charge in [-0.1, -0.05) is 0 Å². The molecule has 1 aromatic carbocycles. The van der Waals surface area contributed by atoms with Crippen LogP contribution in [0, 0.1) is 11.3 Å². The molecule has 0 aliphatic heterocycles. The number of nitrogens with zero attached hydrogens (tertiary/aromatic N) is 1. The molecule has 1 rings (SSSR count). The average molecular weight is 241 g/mol. The maximum atomic E-state index is 8.78. The molecule has 0 atom stereocenters. The van der Waals surface area contributed by atoms with Gasteiger partial charge in [0, 0.05) is 0 Å². The van der Waals surface area contributed by atoms with Crippen LogP contribution in [0.5, 0.6) is 5.75 Å². The van der Waals surface area contributed by atoms with Gasteiger partial charge in [0.1, 0.15) is 11.8 Å². The highest BCUT2D eigenvalue weighted by atomic mass is 79.9. The molecule has 0 amide bonds. The van der Waals surface area contributed by atoms with Crippen LogP contribution in [-0.2, 0) is 0 Å². The van der Waals surface area contributed by atoms with E-state index < -0.39 is 0 Å². The van der Waals surface area contributed by atoms with Crippen LogP contribution in [0.1, 0.15) is 12.5 Å². The molecular formula is C9H9BrN2O. The summed E-state index contributed by atoms with van der Waals surface area (Å²) in [7, 11) is 0. The van der Waals surface area contributed by atoms with Crippen molar-refractivity contribution in [1.82, 2.24) is 0 Å². The summed E-state index contributed by atoms with van der Waals surface area (Å²) in [6.45, 7) is 2.45. The molecule has 0 aliphatic rings. The Kier molecular flexibility index (Phi) is 3.15. The van der Waals surface area contributed by atoms with Gasteiger partial charge in [0.05, 0.1) is 22.3 Å². The zero-order chi connectivity index (χ0) is 9.84. The number of nitrogen functional groups attached to an aromatic ring is 1. The summed E-state index contributed by atoms with van der Waals surface area (Å²) in [5, 5.41) is 8.78. The molecular weight excluding hydrogens is 232 g/mol. The molecule has 0 unspecified atom stereocenters. The smallest absolute Gasteiger partial charge is 0.134 e. The number of nitriles is 1. The van der Waals surface area contributed by atoms with E-state index in [1.807, 2.05) is 13.0 Å². The minimum atomic E-state index is 0.422. The third kappa shape index (κ3) is 1.93. The van der Waals surface area contributed by atoms with Crippen molar-refractivity contribution in [3.05, 3.63) is 22.2 Å². The number of halogens is 1. The summed E-state index contributed by atoms with van der Waals surface area (Å²) >= 11 is 3.27. The number of rotatable bonds is 2. The van der Waals surface area contributed by atoms with E-state index in [9.17, 15) is 0 Å². The van der Waals surface area contributed by atoms with E-state index in [1.165, 1.54) is 0 Å². The Morgan fingerprint density at radius 3 is 2.85 bits per heavy atom. The van der Waals surface area contributed by atoms with Crippen LogP contribution in [0.2, 0.25) is 0 Å². The Morgan fingerprint density at radius 1 is 1.62 bits per heavy atom. The Bertz CT molecular complexity index is 357. The number of hydrogen-bond acceptors (Lipinski definition) is 3. The molecule has 0 aromatic heterocycles. The predicted molar refractivity (Wildman–Crippen MR) is 54.4 cm³/mol. The topological polar surface area (TPSA) is 59.0 Å². The first-order chi connectivity index (χ1) is 6.20. The molecule has 13 heavy (non-hydrogen) atoms. The van der Waals surface area contributed by atoms with Gasteiger partial charge in [-0.05, 0) is 35.0 Å². The average Bonchev–Trinajstić information content (AvgIpc) is 2.11. The lowest BCUT2D eigenvalue weighted by atomic mass is 10.2. The van der Waals surface area contributed by atoms with Gasteiger partial charge in [-0.15, -0.1) is 0 Å². The van der Waals surface area contributed by atoms with E-state index in [1.54, 1.807) is 12.1 Å². The largest absolute Gasteiger partial charge is 0.493 e. The Hall–Kier alpha value is -1.21. The lowest BCUT2D eigenvalue weighted by Gasteiger charge is -2.07. The van der Waals surface area contributed by atoms with Crippen LogP contribution >= 0.6 is 15.9 Å². The lowest BCUT2D eigenvalue weighted by Crippen LogP contribution is -1.97. The molecule has 0 spiro atoms. The summed E-state index contributed by atoms with van der Waals surface area (Å²) in [6, 6.07) is 5.41. The summed E-state index contributed by atoms with van der Waals surface area (Å²) in [4.78, 5) is 0. The first kappa shape index (κ1) is 9.87. The molecule has 4 heteroatoms. The fraction of sp³-hybridized carbons (Fsp3) is 0.222. The van der Waals surface area contributed by atoms with E-state index in [-0.39, 0.29) is 0 Å². The first-order valence-electron chi connectivity index (χ1n) is 3.81. The van der Waals surface area contributed by atoms with Crippen molar-refractivity contribution in [3.63, 3.8) is 0 Å². The van der Waals surface area contributed by atoms with Gasteiger partial charge in [0.25, 0.3) is 0 Å². The third-order valence-corrected chi connectivity index (χ3v) is 2.34. The zero-order valence-electron chi connectivity index (χ0n) is 7.17. The lowest BCUT2D eigenvalue weighted by molar-refractivity contribution is 0.338. The number of hydrogen-bond donors (Lipinski definition) is 1. The molecule has 0 radical (unpaired) electrons. The second kappa shape index (κ2) is 4.15. The fourth-order valence-corrected chi connectivity index (χ4v) is 1.52. The van der Waals surface area contributed by atoms with Crippen molar-refractivity contribution in [3.8, 4) is 11.8 Å². The number of nitrogens with two attached hydrogens (primary N) is 1. The van der Waals surface area contributed by atoms with Gasteiger partial charge >= 0.3 is 0 Å². The maximum absolute atomic E-state index is 8.78. The van der Waals surface area contributed by atoms with Crippen LogP contribution in [0.25, 0.3) is 0 Å². The van der Waals surface area contributed by atoms with Crippen LogP contribution < -0.4 is 10.5 Å². The molecule has 68 valence electrons. The van der Waals surface area contributed by atoms with Crippen LogP contribution in [0.15, 0.2) is 16.6 Å². The van der Waals surface area contributed by atoms with Crippen molar-refractivity contribution in [2.45, 2.75) is 6.92 Å². The second-order valence-corrected chi connectivity index (χ2v) is 3.18. The summed E-state index contributed by atoms with van der Waals surface area (Å²) in [5.74, 6) is 0.647. The van der Waals surface area contributed by atoms with Crippen molar-refractivity contribution >= 4 is 21.6 Å². The second-order valence-electron chi connectivity index (χ2n) is 2.39. The van der Waals surface area contributed by atoms with Gasteiger partial charge in [0.2, 0.25) is 0 Å². The highest BCUT2D eigenvalue weighted by Gasteiger charge is 2.09. The molecule has 3 nitrogen and oxygen atoms in total. The molecule has 0 saturated carbocycles. The van der Waals surface area contributed by atoms with E-state index in [4.69, 9.17) is 15.7 Å². The van der Waals surface area contributed by atoms with Crippen molar-refractivity contribution in [2.75, 3.05) is 12.3 Å². The van der Waals surface area contributed by atoms with Gasteiger partial charge in [-0.25, -0.2) is 0 Å². The number of benzene rings is 1. The molecule has 0 heterocycles. The highest BCUT2D eigenvalue weighted by molar-refractivity contribution is 9.10. The molecule has 0 aliphatic carbocycles. The van der Waals surface area contributed by atoms with E-state index in [0.717, 1.165) is 0 Å². The van der Waals surface area contributed by atoms with Crippen LogP contribution in [0.3, 0.4) is 0 Å². The number of ether oxygens (including phenoxy) is 1. The van der Waals surface area contributed by atoms with E-state index in [0.29, 0.717) is 28.1 Å². The van der Waals surface area contributed by atoms with Crippen LogP contribution in [-0.4, -0.2) is 6.61 Å². The normalized spacial score (nSPS) is 9.31. The summed E-state index contributed by atoms with van der Waals surface area (Å²) in [5.41, 5.74) is 6.47. The monoisotopic (exact) mass is 240 g/mol. The maximum Gasteiger partial charge on any atom is 0.134 e. The molecule has 1 aromatic rings. The van der Waals surface area contributed by atoms with E-state index in [2.05, 4.69) is 15.9 Å². The third-order valence-electron chi connectivity index (χ3n) is 1.55. The van der Waals surface area contributed by atoms with Gasteiger partial charge < -0.3 is 10.5 Å². The molecule has 0 fully saturated rings. The molecule has 2 N–H and O–H groups in total. The SMILES string of the molecule is CCOc1ccc(N)c(C#N)c1Br. The summed E-state index contributed by atoms with van der Waals surface area (Å²) < 4.78 is 5.90.